The predicted octanol–water partition coefficient (Wildman–Crippen LogP) is 3.05. The van der Waals surface area contributed by atoms with Crippen molar-refractivity contribution in [3.8, 4) is 0 Å². The lowest BCUT2D eigenvalue weighted by molar-refractivity contribution is 0.267. The van der Waals surface area contributed by atoms with E-state index in [1.54, 1.807) is 0 Å². The predicted molar refractivity (Wildman–Crippen MR) is 67.4 cm³/mol. The normalized spacial score (nSPS) is 26.0. The highest BCUT2D eigenvalue weighted by molar-refractivity contribution is 5.39. The van der Waals surface area contributed by atoms with E-state index >= 15 is 0 Å². The fraction of sp³-hybridized carbons (Fsp3) is 0.769. The molecule has 3 nitrogen and oxygen atoms in total. The van der Waals surface area contributed by atoms with Crippen molar-refractivity contribution in [1.29, 1.82) is 0 Å². The van der Waals surface area contributed by atoms with E-state index in [0.717, 1.165) is 17.5 Å². The fourth-order valence-electron chi connectivity index (χ4n) is 2.66. The van der Waals surface area contributed by atoms with Crippen molar-refractivity contribution in [2.45, 2.75) is 45.6 Å². The van der Waals surface area contributed by atoms with Crippen LogP contribution in [0.25, 0.3) is 0 Å². The monoisotopic (exact) mass is 221 g/mol. The van der Waals surface area contributed by atoms with E-state index in [-0.39, 0.29) is 0 Å². The summed E-state index contributed by atoms with van der Waals surface area (Å²) < 4.78 is 1.85. The molecule has 1 fully saturated rings. The van der Waals surface area contributed by atoms with Crippen molar-refractivity contribution in [3.05, 3.63) is 12.4 Å². The molecule has 0 atom stereocenters. The lowest BCUT2D eigenvalue weighted by Gasteiger charge is -2.31. The van der Waals surface area contributed by atoms with Gasteiger partial charge in [-0.1, -0.05) is 13.8 Å². The minimum atomic E-state index is 0.652. The first-order chi connectivity index (χ1) is 7.65. The summed E-state index contributed by atoms with van der Waals surface area (Å²) in [5.74, 6) is 1.78. The molecule has 1 aromatic heterocycles. The molecule has 1 saturated carbocycles. The Hall–Kier alpha value is -0.990. The summed E-state index contributed by atoms with van der Waals surface area (Å²) in [7, 11) is 1.96. The van der Waals surface area contributed by atoms with E-state index in [0.29, 0.717) is 6.04 Å². The van der Waals surface area contributed by atoms with Crippen molar-refractivity contribution in [2.24, 2.45) is 18.9 Å². The quantitative estimate of drug-likeness (QED) is 0.850. The number of nitrogens with one attached hydrogen (secondary N) is 1. The first-order valence-corrected chi connectivity index (χ1v) is 6.40. The van der Waals surface area contributed by atoms with Gasteiger partial charge in [0, 0.05) is 19.3 Å². The molecule has 1 aliphatic rings. The average Bonchev–Trinajstić information content (AvgIpc) is 2.65. The smallest absolute Gasteiger partial charge is 0.0728 e. The second kappa shape index (κ2) is 4.89. The van der Waals surface area contributed by atoms with Crippen molar-refractivity contribution >= 4 is 5.69 Å². The van der Waals surface area contributed by atoms with E-state index in [9.17, 15) is 0 Å². The molecular weight excluding hydrogens is 198 g/mol. The minimum Gasteiger partial charge on any atom is -0.380 e. The zero-order chi connectivity index (χ0) is 11.5. The number of rotatable bonds is 3. The molecule has 0 aliphatic heterocycles. The summed E-state index contributed by atoms with van der Waals surface area (Å²) in [6, 6.07) is 0.652. The molecule has 16 heavy (non-hydrogen) atoms. The van der Waals surface area contributed by atoms with Gasteiger partial charge in [-0.05, 0) is 37.5 Å². The van der Waals surface area contributed by atoms with Crippen molar-refractivity contribution in [2.75, 3.05) is 5.32 Å². The summed E-state index contributed by atoms with van der Waals surface area (Å²) in [5, 5.41) is 7.76. The van der Waals surface area contributed by atoms with Crippen LogP contribution < -0.4 is 5.32 Å². The van der Waals surface area contributed by atoms with Crippen molar-refractivity contribution in [1.82, 2.24) is 9.78 Å². The summed E-state index contributed by atoms with van der Waals surface area (Å²) in [5.41, 5.74) is 1.16. The van der Waals surface area contributed by atoms with Crippen LogP contribution in [0.4, 0.5) is 5.69 Å². The SMILES string of the molecule is CC(C)C1CCC(Nc2cnn(C)c2)CC1. The second-order valence-corrected chi connectivity index (χ2v) is 5.40. The molecule has 1 heterocycles. The van der Waals surface area contributed by atoms with Gasteiger partial charge >= 0.3 is 0 Å². The standard InChI is InChI=1S/C13H23N3/c1-10(2)11-4-6-12(7-5-11)15-13-8-14-16(3)9-13/h8-12,15H,4-7H2,1-3H3. The molecule has 0 aromatic carbocycles. The Morgan fingerprint density at radius 3 is 2.50 bits per heavy atom. The lowest BCUT2D eigenvalue weighted by Crippen LogP contribution is -2.27. The van der Waals surface area contributed by atoms with Gasteiger partial charge in [0.25, 0.3) is 0 Å². The molecule has 0 unspecified atom stereocenters. The maximum atomic E-state index is 4.18. The fourth-order valence-corrected chi connectivity index (χ4v) is 2.66. The van der Waals surface area contributed by atoms with Gasteiger partial charge in [-0.2, -0.15) is 5.10 Å². The van der Waals surface area contributed by atoms with Crippen LogP contribution in [0.15, 0.2) is 12.4 Å². The number of aromatic nitrogens is 2. The zero-order valence-electron chi connectivity index (χ0n) is 10.6. The number of aryl methyl sites for hydroxylation is 1. The van der Waals surface area contributed by atoms with E-state index in [2.05, 4.69) is 30.5 Å². The molecule has 1 N–H and O–H groups in total. The summed E-state index contributed by atoms with van der Waals surface area (Å²) >= 11 is 0. The number of hydrogen-bond donors (Lipinski definition) is 1. The third kappa shape index (κ3) is 2.77. The Labute approximate surface area is 98.2 Å². The highest BCUT2D eigenvalue weighted by Gasteiger charge is 2.23. The molecule has 1 aromatic rings. The molecule has 0 amide bonds. The van der Waals surface area contributed by atoms with Gasteiger partial charge in [0.1, 0.15) is 0 Å². The van der Waals surface area contributed by atoms with Crippen LogP contribution in [-0.4, -0.2) is 15.8 Å². The third-order valence-corrected chi connectivity index (χ3v) is 3.79. The summed E-state index contributed by atoms with van der Waals surface area (Å²) in [4.78, 5) is 0. The van der Waals surface area contributed by atoms with Crippen LogP contribution in [0.3, 0.4) is 0 Å². The van der Waals surface area contributed by atoms with E-state index < -0.39 is 0 Å². The number of nitrogens with zero attached hydrogens (tertiary/aromatic N) is 2. The maximum absolute atomic E-state index is 4.18. The van der Waals surface area contributed by atoms with Crippen molar-refractivity contribution < 1.29 is 0 Å². The van der Waals surface area contributed by atoms with Crippen LogP contribution in [0.5, 0.6) is 0 Å². The maximum Gasteiger partial charge on any atom is 0.0728 e. The first kappa shape index (κ1) is 11.5. The van der Waals surface area contributed by atoms with Gasteiger partial charge in [0.2, 0.25) is 0 Å². The highest BCUT2D eigenvalue weighted by Crippen LogP contribution is 2.31. The molecule has 90 valence electrons. The number of anilines is 1. The first-order valence-electron chi connectivity index (χ1n) is 6.40. The average molecular weight is 221 g/mol. The molecule has 0 bridgehead atoms. The third-order valence-electron chi connectivity index (χ3n) is 3.79. The molecule has 0 saturated heterocycles. The van der Waals surface area contributed by atoms with Gasteiger partial charge in [-0.25, -0.2) is 0 Å². The molecule has 0 spiro atoms. The Balaban J connectivity index is 1.81. The Morgan fingerprint density at radius 1 is 1.31 bits per heavy atom. The van der Waals surface area contributed by atoms with Crippen LogP contribution in [0.1, 0.15) is 39.5 Å². The second-order valence-electron chi connectivity index (χ2n) is 5.40. The summed E-state index contributed by atoms with van der Waals surface area (Å²) in [6.45, 7) is 4.69. The lowest BCUT2D eigenvalue weighted by atomic mass is 9.80. The summed E-state index contributed by atoms with van der Waals surface area (Å²) in [6.07, 6.45) is 9.31. The van der Waals surface area contributed by atoms with E-state index in [1.807, 2.05) is 17.9 Å². The van der Waals surface area contributed by atoms with Gasteiger partial charge in [0.15, 0.2) is 0 Å². The van der Waals surface area contributed by atoms with Crippen molar-refractivity contribution in [3.63, 3.8) is 0 Å². The largest absolute Gasteiger partial charge is 0.380 e. The molecule has 3 heteroatoms. The van der Waals surface area contributed by atoms with Gasteiger partial charge in [0.05, 0.1) is 11.9 Å². The highest BCUT2D eigenvalue weighted by atomic mass is 15.3. The van der Waals surface area contributed by atoms with Crippen LogP contribution in [0, 0.1) is 11.8 Å². The van der Waals surface area contributed by atoms with E-state index in [4.69, 9.17) is 0 Å². The van der Waals surface area contributed by atoms with Crippen LogP contribution >= 0.6 is 0 Å². The van der Waals surface area contributed by atoms with Crippen LogP contribution in [0.2, 0.25) is 0 Å². The minimum absolute atomic E-state index is 0.652. The topological polar surface area (TPSA) is 29.9 Å². The molecule has 2 rings (SSSR count). The Kier molecular flexibility index (Phi) is 3.52. The molecular formula is C13H23N3. The zero-order valence-corrected chi connectivity index (χ0v) is 10.6. The van der Waals surface area contributed by atoms with Gasteiger partial charge < -0.3 is 5.32 Å². The molecule has 0 radical (unpaired) electrons. The molecule has 1 aliphatic carbocycles. The Morgan fingerprint density at radius 2 is 2.00 bits per heavy atom. The number of hydrogen-bond acceptors (Lipinski definition) is 2. The Bertz CT molecular complexity index is 322. The van der Waals surface area contributed by atoms with Gasteiger partial charge in [-0.3, -0.25) is 4.68 Å². The van der Waals surface area contributed by atoms with Crippen LogP contribution in [-0.2, 0) is 7.05 Å². The van der Waals surface area contributed by atoms with E-state index in [1.165, 1.54) is 25.7 Å². The van der Waals surface area contributed by atoms with Gasteiger partial charge in [-0.15, -0.1) is 0 Å².